The first kappa shape index (κ1) is 12.6. The quantitative estimate of drug-likeness (QED) is 0.883. The molecule has 3 nitrogen and oxygen atoms in total. The van der Waals surface area contributed by atoms with Crippen molar-refractivity contribution in [2.45, 2.75) is 13.5 Å². The van der Waals surface area contributed by atoms with Crippen LogP contribution < -0.4 is 10.1 Å². The van der Waals surface area contributed by atoms with Crippen molar-refractivity contribution in [3.63, 3.8) is 0 Å². The number of hydrogen-bond donors (Lipinski definition) is 1. The Hall–Kier alpha value is -1.81. The Morgan fingerprint density at radius 1 is 1.28 bits per heavy atom. The fourth-order valence-electron chi connectivity index (χ4n) is 1.69. The highest BCUT2D eigenvalue weighted by Crippen LogP contribution is 2.27. The highest BCUT2D eigenvalue weighted by Gasteiger charge is 2.10. The van der Waals surface area contributed by atoms with Crippen LogP contribution in [0.1, 0.15) is 12.7 Å². The Kier molecular flexibility index (Phi) is 3.99. The highest BCUT2D eigenvalue weighted by atomic mass is 19.1. The average Bonchev–Trinajstić information content (AvgIpc) is 2.84. The molecule has 1 N–H and O–H groups in total. The molecule has 1 aromatic heterocycles. The van der Waals surface area contributed by atoms with Crippen molar-refractivity contribution < 1.29 is 13.5 Å². The lowest BCUT2D eigenvalue weighted by molar-refractivity contribution is 0.411. The third-order valence-electron chi connectivity index (χ3n) is 2.65. The third kappa shape index (κ3) is 2.71. The Labute approximate surface area is 106 Å². The summed E-state index contributed by atoms with van der Waals surface area (Å²) in [5.41, 5.74) is 0.443. The lowest BCUT2D eigenvalue weighted by Crippen LogP contribution is -2.10. The minimum atomic E-state index is -0.348. The average molecular weight is 249 g/mol. The van der Waals surface area contributed by atoms with E-state index in [4.69, 9.17) is 9.15 Å². The molecule has 2 aromatic rings. The van der Waals surface area contributed by atoms with Crippen LogP contribution in [-0.4, -0.2) is 13.7 Å². The first-order chi connectivity index (χ1) is 8.74. The maximum absolute atomic E-state index is 13.8. The number of nitrogens with one attached hydrogen (secondary N) is 1. The molecule has 0 bridgehead atoms. The van der Waals surface area contributed by atoms with Gasteiger partial charge in [0.05, 0.1) is 19.2 Å². The van der Waals surface area contributed by atoms with Gasteiger partial charge in [-0.05, 0) is 30.8 Å². The van der Waals surface area contributed by atoms with Crippen LogP contribution in [0.3, 0.4) is 0 Å². The van der Waals surface area contributed by atoms with E-state index in [1.54, 1.807) is 18.2 Å². The number of ether oxygens (including phenoxy) is 1. The second-order valence-electron chi connectivity index (χ2n) is 3.89. The fourth-order valence-corrected chi connectivity index (χ4v) is 1.69. The zero-order valence-corrected chi connectivity index (χ0v) is 10.5. The van der Waals surface area contributed by atoms with Gasteiger partial charge in [0.2, 0.25) is 0 Å². The zero-order valence-electron chi connectivity index (χ0n) is 10.5. The molecule has 0 amide bonds. The summed E-state index contributed by atoms with van der Waals surface area (Å²) in [5.74, 6) is 1.47. The molecule has 0 unspecified atom stereocenters. The molecule has 0 fully saturated rings. The molecule has 18 heavy (non-hydrogen) atoms. The van der Waals surface area contributed by atoms with Crippen LogP contribution in [0.5, 0.6) is 5.75 Å². The molecular weight excluding hydrogens is 233 g/mol. The summed E-state index contributed by atoms with van der Waals surface area (Å²) in [6.07, 6.45) is 0. The van der Waals surface area contributed by atoms with Crippen LogP contribution in [0.25, 0.3) is 11.3 Å². The minimum Gasteiger partial charge on any atom is -0.497 e. The molecule has 0 aliphatic carbocycles. The molecule has 0 saturated carbocycles. The van der Waals surface area contributed by atoms with Crippen LogP contribution >= 0.6 is 0 Å². The molecule has 2 rings (SSSR count). The van der Waals surface area contributed by atoms with Crippen LogP contribution in [-0.2, 0) is 6.54 Å². The van der Waals surface area contributed by atoms with Crippen molar-refractivity contribution >= 4 is 0 Å². The lowest BCUT2D eigenvalue weighted by atomic mass is 10.1. The van der Waals surface area contributed by atoms with E-state index in [2.05, 4.69) is 5.32 Å². The van der Waals surface area contributed by atoms with Gasteiger partial charge < -0.3 is 14.5 Å². The van der Waals surface area contributed by atoms with E-state index in [0.717, 1.165) is 12.3 Å². The molecule has 0 aliphatic rings. The van der Waals surface area contributed by atoms with E-state index in [1.165, 1.54) is 13.2 Å². The summed E-state index contributed by atoms with van der Waals surface area (Å²) >= 11 is 0. The van der Waals surface area contributed by atoms with E-state index in [9.17, 15) is 4.39 Å². The fraction of sp³-hybridized carbons (Fsp3) is 0.286. The molecule has 0 aliphatic heterocycles. The lowest BCUT2D eigenvalue weighted by Gasteiger charge is -2.03. The minimum absolute atomic E-state index is 0.348. The van der Waals surface area contributed by atoms with Crippen LogP contribution in [0, 0.1) is 5.82 Å². The van der Waals surface area contributed by atoms with Gasteiger partial charge in [-0.3, -0.25) is 0 Å². The second kappa shape index (κ2) is 5.69. The van der Waals surface area contributed by atoms with E-state index in [-0.39, 0.29) is 5.82 Å². The Morgan fingerprint density at radius 3 is 2.78 bits per heavy atom. The van der Waals surface area contributed by atoms with Crippen molar-refractivity contribution in [1.29, 1.82) is 0 Å². The standard InChI is InChI=1S/C14H16FNO2/c1-3-16-9-11-5-7-14(18-11)12-6-4-10(17-2)8-13(12)15/h4-8,16H,3,9H2,1-2H3. The SMILES string of the molecule is CCNCc1ccc(-c2ccc(OC)cc2F)o1. The van der Waals surface area contributed by atoms with Gasteiger partial charge in [0.1, 0.15) is 23.1 Å². The van der Waals surface area contributed by atoms with Gasteiger partial charge in [0, 0.05) is 6.07 Å². The number of benzene rings is 1. The Bertz CT molecular complexity index is 522. The predicted octanol–water partition coefficient (Wildman–Crippen LogP) is 3.20. The van der Waals surface area contributed by atoms with E-state index in [1.807, 2.05) is 13.0 Å². The maximum Gasteiger partial charge on any atom is 0.137 e. The smallest absolute Gasteiger partial charge is 0.137 e. The number of rotatable bonds is 5. The Balaban J connectivity index is 2.23. The van der Waals surface area contributed by atoms with Crippen molar-refractivity contribution in [2.24, 2.45) is 0 Å². The zero-order chi connectivity index (χ0) is 13.0. The molecule has 0 radical (unpaired) electrons. The topological polar surface area (TPSA) is 34.4 Å². The van der Waals surface area contributed by atoms with Gasteiger partial charge in [0.25, 0.3) is 0 Å². The summed E-state index contributed by atoms with van der Waals surface area (Å²) in [4.78, 5) is 0. The largest absolute Gasteiger partial charge is 0.497 e. The molecular formula is C14H16FNO2. The third-order valence-corrected chi connectivity index (χ3v) is 2.65. The summed E-state index contributed by atoms with van der Waals surface area (Å²) in [7, 11) is 1.51. The van der Waals surface area contributed by atoms with Gasteiger partial charge in [-0.15, -0.1) is 0 Å². The normalized spacial score (nSPS) is 10.6. The number of furan rings is 1. The van der Waals surface area contributed by atoms with Gasteiger partial charge in [-0.2, -0.15) is 0 Å². The van der Waals surface area contributed by atoms with Crippen molar-refractivity contribution in [3.8, 4) is 17.1 Å². The Morgan fingerprint density at radius 2 is 2.11 bits per heavy atom. The molecule has 0 spiro atoms. The van der Waals surface area contributed by atoms with Crippen LogP contribution in [0.4, 0.5) is 4.39 Å². The molecule has 1 aromatic carbocycles. The molecule has 0 atom stereocenters. The van der Waals surface area contributed by atoms with Crippen LogP contribution in [0.2, 0.25) is 0 Å². The van der Waals surface area contributed by atoms with Gasteiger partial charge in [-0.25, -0.2) is 4.39 Å². The maximum atomic E-state index is 13.8. The summed E-state index contributed by atoms with van der Waals surface area (Å²) in [6.45, 7) is 3.54. The van der Waals surface area contributed by atoms with Crippen molar-refractivity contribution in [2.75, 3.05) is 13.7 Å². The predicted molar refractivity (Wildman–Crippen MR) is 68.0 cm³/mol. The second-order valence-corrected chi connectivity index (χ2v) is 3.89. The summed E-state index contributed by atoms with van der Waals surface area (Å²) in [5, 5.41) is 3.15. The van der Waals surface area contributed by atoms with E-state index in [0.29, 0.717) is 23.6 Å². The summed E-state index contributed by atoms with van der Waals surface area (Å²) < 4.78 is 24.4. The summed E-state index contributed by atoms with van der Waals surface area (Å²) in [6, 6.07) is 8.34. The molecule has 0 saturated heterocycles. The first-order valence-electron chi connectivity index (χ1n) is 5.88. The number of methoxy groups -OCH3 is 1. The number of hydrogen-bond acceptors (Lipinski definition) is 3. The van der Waals surface area contributed by atoms with E-state index < -0.39 is 0 Å². The van der Waals surface area contributed by atoms with Crippen molar-refractivity contribution in [3.05, 3.63) is 41.9 Å². The van der Waals surface area contributed by atoms with Crippen LogP contribution in [0.15, 0.2) is 34.7 Å². The van der Waals surface area contributed by atoms with Gasteiger partial charge >= 0.3 is 0 Å². The van der Waals surface area contributed by atoms with Crippen molar-refractivity contribution in [1.82, 2.24) is 5.32 Å². The molecule has 96 valence electrons. The van der Waals surface area contributed by atoms with E-state index >= 15 is 0 Å². The van der Waals surface area contributed by atoms with Gasteiger partial charge in [-0.1, -0.05) is 6.92 Å². The van der Waals surface area contributed by atoms with Gasteiger partial charge in [0.15, 0.2) is 0 Å². The molecule has 4 heteroatoms. The number of halogens is 1. The monoisotopic (exact) mass is 249 g/mol. The highest BCUT2D eigenvalue weighted by molar-refractivity contribution is 5.59. The first-order valence-corrected chi connectivity index (χ1v) is 5.88. The molecule has 1 heterocycles.